The lowest BCUT2D eigenvalue weighted by Gasteiger charge is -2.31. The highest BCUT2D eigenvalue weighted by molar-refractivity contribution is 6.30. The SMILES string of the molecule is O=C1N=CN(c2ccc(Cl)cc2)C2NNNC12. The minimum atomic E-state index is -0.393. The third-order valence-electron chi connectivity index (χ3n) is 2.76. The molecule has 1 saturated heterocycles. The second-order valence-corrected chi connectivity index (χ2v) is 4.24. The number of benzene rings is 1. The number of nitrogens with one attached hydrogen (secondary N) is 3. The van der Waals surface area contributed by atoms with Gasteiger partial charge in [-0.25, -0.2) is 15.8 Å². The van der Waals surface area contributed by atoms with Gasteiger partial charge in [-0.2, -0.15) is 5.53 Å². The van der Waals surface area contributed by atoms with Gasteiger partial charge >= 0.3 is 0 Å². The van der Waals surface area contributed by atoms with Crippen LogP contribution in [0.1, 0.15) is 0 Å². The fraction of sp³-hybridized carbons (Fsp3) is 0.200. The molecule has 3 N–H and O–H groups in total. The number of amides is 1. The first-order valence-electron chi connectivity index (χ1n) is 5.14. The number of hydrogen-bond donors (Lipinski definition) is 3. The molecule has 2 heterocycles. The zero-order chi connectivity index (χ0) is 11.8. The van der Waals surface area contributed by atoms with Crippen LogP contribution >= 0.6 is 11.6 Å². The monoisotopic (exact) mass is 251 g/mol. The Morgan fingerprint density at radius 2 is 2.00 bits per heavy atom. The molecule has 17 heavy (non-hydrogen) atoms. The number of hydrogen-bond acceptors (Lipinski definition) is 5. The molecule has 2 unspecified atom stereocenters. The summed E-state index contributed by atoms with van der Waals surface area (Å²) >= 11 is 5.84. The zero-order valence-electron chi connectivity index (χ0n) is 8.72. The Bertz CT molecular complexity index is 474. The van der Waals surface area contributed by atoms with Gasteiger partial charge in [0.25, 0.3) is 5.91 Å². The number of nitrogens with zero attached hydrogens (tertiary/aromatic N) is 2. The van der Waals surface area contributed by atoms with Gasteiger partial charge in [0, 0.05) is 10.7 Å². The van der Waals surface area contributed by atoms with Crippen molar-refractivity contribution in [2.24, 2.45) is 4.99 Å². The fourth-order valence-corrected chi connectivity index (χ4v) is 2.02. The van der Waals surface area contributed by atoms with Crippen LogP contribution in [0, 0.1) is 0 Å². The van der Waals surface area contributed by atoms with Gasteiger partial charge in [0.1, 0.15) is 18.5 Å². The van der Waals surface area contributed by atoms with E-state index in [9.17, 15) is 4.79 Å². The molecule has 3 rings (SSSR count). The van der Waals surface area contributed by atoms with E-state index in [1.54, 1.807) is 12.1 Å². The zero-order valence-corrected chi connectivity index (χ0v) is 9.48. The van der Waals surface area contributed by atoms with Crippen LogP contribution in [0.25, 0.3) is 0 Å². The highest BCUT2D eigenvalue weighted by Crippen LogP contribution is 2.22. The van der Waals surface area contributed by atoms with Gasteiger partial charge in [-0.1, -0.05) is 11.6 Å². The van der Waals surface area contributed by atoms with E-state index in [4.69, 9.17) is 11.6 Å². The number of halogens is 1. The van der Waals surface area contributed by atoms with Crippen molar-refractivity contribution in [2.45, 2.75) is 12.2 Å². The molecule has 88 valence electrons. The smallest absolute Gasteiger partial charge is 0.269 e. The molecule has 1 aromatic carbocycles. The average molecular weight is 252 g/mol. The summed E-state index contributed by atoms with van der Waals surface area (Å²) in [6.07, 6.45) is 1.33. The molecule has 7 heteroatoms. The molecule has 0 radical (unpaired) electrons. The summed E-state index contributed by atoms with van der Waals surface area (Å²) in [5.41, 5.74) is 9.45. The molecule has 0 aromatic heterocycles. The van der Waals surface area contributed by atoms with E-state index >= 15 is 0 Å². The summed E-state index contributed by atoms with van der Waals surface area (Å²) in [6.45, 7) is 0. The standard InChI is InChI=1S/C10H10ClN5O/c11-6-1-3-7(4-2-6)16-5-12-10(17)8-9(16)14-15-13-8/h1-5,8-9,13-15H. The van der Waals surface area contributed by atoms with Crippen molar-refractivity contribution >= 4 is 29.5 Å². The predicted molar refractivity (Wildman–Crippen MR) is 64.4 cm³/mol. The van der Waals surface area contributed by atoms with Crippen molar-refractivity contribution < 1.29 is 4.79 Å². The summed E-state index contributed by atoms with van der Waals surface area (Å²) < 4.78 is 0. The molecule has 0 saturated carbocycles. The normalized spacial score (nSPS) is 27.4. The summed E-state index contributed by atoms with van der Waals surface area (Å²) in [5, 5.41) is 0.672. The number of fused-ring (bicyclic) bond motifs is 1. The van der Waals surface area contributed by atoms with Crippen molar-refractivity contribution in [1.82, 2.24) is 16.4 Å². The minimum Gasteiger partial charge on any atom is -0.313 e. The van der Waals surface area contributed by atoms with Gasteiger partial charge in [-0.05, 0) is 24.3 Å². The van der Waals surface area contributed by atoms with Gasteiger partial charge in [0.05, 0.1) is 0 Å². The van der Waals surface area contributed by atoms with Gasteiger partial charge < -0.3 is 4.90 Å². The number of carbonyl (C=O) groups is 1. The van der Waals surface area contributed by atoms with Crippen LogP contribution in [-0.4, -0.2) is 24.5 Å². The first-order chi connectivity index (χ1) is 8.25. The Labute approximate surface area is 103 Å². The number of rotatable bonds is 1. The number of hydrazine groups is 2. The van der Waals surface area contributed by atoms with Crippen molar-refractivity contribution in [1.29, 1.82) is 0 Å². The van der Waals surface area contributed by atoms with E-state index in [2.05, 4.69) is 21.4 Å². The highest BCUT2D eigenvalue weighted by atomic mass is 35.5. The molecule has 2 aliphatic rings. The lowest BCUT2D eigenvalue weighted by molar-refractivity contribution is -0.120. The van der Waals surface area contributed by atoms with Crippen LogP contribution in [0.4, 0.5) is 5.69 Å². The molecular weight excluding hydrogens is 242 g/mol. The third-order valence-corrected chi connectivity index (χ3v) is 3.02. The molecular formula is C10H10ClN5O. The largest absolute Gasteiger partial charge is 0.313 e. The summed E-state index contributed by atoms with van der Waals surface area (Å²) in [4.78, 5) is 17.2. The van der Waals surface area contributed by atoms with Gasteiger partial charge in [-0.15, -0.1) is 0 Å². The molecule has 0 spiro atoms. The van der Waals surface area contributed by atoms with E-state index in [1.165, 1.54) is 6.34 Å². The molecule has 1 amide bonds. The molecule has 1 aromatic rings. The van der Waals surface area contributed by atoms with E-state index in [-0.39, 0.29) is 12.1 Å². The van der Waals surface area contributed by atoms with Crippen molar-refractivity contribution in [3.63, 3.8) is 0 Å². The highest BCUT2D eigenvalue weighted by Gasteiger charge is 2.39. The Hall–Kier alpha value is -1.47. The number of anilines is 1. The molecule has 6 nitrogen and oxygen atoms in total. The maximum absolute atomic E-state index is 11.5. The van der Waals surface area contributed by atoms with E-state index in [1.807, 2.05) is 17.0 Å². The molecule has 1 fully saturated rings. The Morgan fingerprint density at radius 1 is 1.24 bits per heavy atom. The first kappa shape index (κ1) is 10.7. The molecule has 2 atom stereocenters. The predicted octanol–water partition coefficient (Wildman–Crippen LogP) is 0.0220. The average Bonchev–Trinajstić information content (AvgIpc) is 2.81. The second-order valence-electron chi connectivity index (χ2n) is 3.80. The summed E-state index contributed by atoms with van der Waals surface area (Å²) in [7, 11) is 0. The van der Waals surface area contributed by atoms with Crippen LogP contribution in [0.3, 0.4) is 0 Å². The third kappa shape index (κ3) is 1.81. The van der Waals surface area contributed by atoms with Crippen molar-refractivity contribution in [2.75, 3.05) is 4.90 Å². The van der Waals surface area contributed by atoms with E-state index < -0.39 is 6.04 Å². The molecule has 2 aliphatic heterocycles. The number of aliphatic imine (C=N–C) groups is 1. The van der Waals surface area contributed by atoms with Crippen LogP contribution < -0.4 is 21.3 Å². The Balaban J connectivity index is 1.95. The minimum absolute atomic E-state index is 0.193. The van der Waals surface area contributed by atoms with E-state index in [0.717, 1.165) is 5.69 Å². The fourth-order valence-electron chi connectivity index (χ4n) is 1.89. The quantitative estimate of drug-likeness (QED) is 0.657. The van der Waals surface area contributed by atoms with Crippen LogP contribution in [0.5, 0.6) is 0 Å². The van der Waals surface area contributed by atoms with Crippen LogP contribution in [-0.2, 0) is 4.79 Å². The van der Waals surface area contributed by atoms with Crippen molar-refractivity contribution in [3.05, 3.63) is 29.3 Å². The summed E-state index contributed by atoms with van der Waals surface area (Å²) in [6, 6.07) is 6.95. The Morgan fingerprint density at radius 3 is 2.76 bits per heavy atom. The van der Waals surface area contributed by atoms with Crippen LogP contribution in [0.2, 0.25) is 5.02 Å². The molecule has 0 aliphatic carbocycles. The topological polar surface area (TPSA) is 68.8 Å². The lowest BCUT2D eigenvalue weighted by atomic mass is 10.1. The Kier molecular flexibility index (Phi) is 2.56. The van der Waals surface area contributed by atoms with Gasteiger partial charge in [0.15, 0.2) is 0 Å². The van der Waals surface area contributed by atoms with Gasteiger partial charge in [0.2, 0.25) is 0 Å². The lowest BCUT2D eigenvalue weighted by Crippen LogP contribution is -2.54. The van der Waals surface area contributed by atoms with Crippen LogP contribution in [0.15, 0.2) is 29.3 Å². The number of carbonyl (C=O) groups excluding carboxylic acids is 1. The second kappa shape index (κ2) is 4.08. The molecule has 0 bridgehead atoms. The summed E-state index contributed by atoms with van der Waals surface area (Å²) in [5.74, 6) is -0.197. The first-order valence-corrected chi connectivity index (χ1v) is 5.51. The van der Waals surface area contributed by atoms with E-state index in [0.29, 0.717) is 5.02 Å². The van der Waals surface area contributed by atoms with Crippen molar-refractivity contribution in [3.8, 4) is 0 Å². The maximum Gasteiger partial charge on any atom is 0.269 e. The van der Waals surface area contributed by atoms with Gasteiger partial charge in [-0.3, -0.25) is 4.79 Å². The maximum atomic E-state index is 11.5.